The van der Waals surface area contributed by atoms with E-state index < -0.39 is 0 Å². The molecule has 1 aromatic rings. The molecule has 0 aliphatic carbocycles. The van der Waals surface area contributed by atoms with Gasteiger partial charge in [-0.15, -0.1) is 0 Å². The van der Waals surface area contributed by atoms with E-state index in [9.17, 15) is 4.39 Å². The lowest BCUT2D eigenvalue weighted by Crippen LogP contribution is -2.33. The van der Waals surface area contributed by atoms with Crippen LogP contribution in [0.5, 0.6) is 0 Å². The predicted molar refractivity (Wildman–Crippen MR) is 81.3 cm³/mol. The van der Waals surface area contributed by atoms with Crippen molar-refractivity contribution < 1.29 is 4.39 Å². The van der Waals surface area contributed by atoms with Crippen molar-refractivity contribution in [3.63, 3.8) is 0 Å². The van der Waals surface area contributed by atoms with E-state index in [1.165, 1.54) is 0 Å². The van der Waals surface area contributed by atoms with Gasteiger partial charge in [0.25, 0.3) is 0 Å². The Labute approximate surface area is 117 Å². The second-order valence-electron chi connectivity index (χ2n) is 5.24. The van der Waals surface area contributed by atoms with Gasteiger partial charge in [-0.25, -0.2) is 4.39 Å². The molecule has 1 N–H and O–H groups in total. The third-order valence-corrected chi connectivity index (χ3v) is 3.37. The molecule has 0 aliphatic heterocycles. The standard InChI is InChI=1S/C16H27FN2/c1-6-11-19(12(3)4)15-10-8-9-14(17)16(15)13(5)18-7-2/h8-10,12-13,18H,6-7,11H2,1-5H3. The summed E-state index contributed by atoms with van der Waals surface area (Å²) >= 11 is 0. The van der Waals surface area contributed by atoms with Crippen molar-refractivity contribution in [3.8, 4) is 0 Å². The lowest BCUT2D eigenvalue weighted by atomic mass is 10.0. The van der Waals surface area contributed by atoms with Gasteiger partial charge in [0.2, 0.25) is 0 Å². The van der Waals surface area contributed by atoms with Crippen molar-refractivity contribution in [2.45, 2.75) is 53.1 Å². The number of nitrogens with one attached hydrogen (secondary N) is 1. The van der Waals surface area contributed by atoms with Crippen molar-refractivity contribution in [1.82, 2.24) is 5.32 Å². The summed E-state index contributed by atoms with van der Waals surface area (Å²) in [5.41, 5.74) is 1.80. The summed E-state index contributed by atoms with van der Waals surface area (Å²) in [7, 11) is 0. The Bertz CT molecular complexity index is 390. The van der Waals surface area contributed by atoms with Gasteiger partial charge >= 0.3 is 0 Å². The van der Waals surface area contributed by atoms with E-state index in [0.29, 0.717) is 6.04 Å². The number of anilines is 1. The molecule has 0 fully saturated rings. The topological polar surface area (TPSA) is 15.3 Å². The highest BCUT2D eigenvalue weighted by Crippen LogP contribution is 2.30. The maximum atomic E-state index is 14.2. The zero-order chi connectivity index (χ0) is 14.4. The summed E-state index contributed by atoms with van der Waals surface area (Å²) in [6.07, 6.45) is 1.06. The summed E-state index contributed by atoms with van der Waals surface area (Å²) in [5, 5.41) is 3.31. The largest absolute Gasteiger partial charge is 0.369 e. The van der Waals surface area contributed by atoms with Crippen molar-refractivity contribution in [2.24, 2.45) is 0 Å². The Hall–Kier alpha value is -1.09. The normalized spacial score (nSPS) is 12.8. The number of nitrogens with zero attached hydrogens (tertiary/aromatic N) is 1. The summed E-state index contributed by atoms with van der Waals surface area (Å²) < 4.78 is 14.2. The van der Waals surface area contributed by atoms with Gasteiger partial charge in [-0.3, -0.25) is 0 Å². The van der Waals surface area contributed by atoms with Crippen molar-refractivity contribution in [1.29, 1.82) is 0 Å². The van der Waals surface area contributed by atoms with Crippen molar-refractivity contribution in [2.75, 3.05) is 18.0 Å². The van der Waals surface area contributed by atoms with Crippen LogP contribution >= 0.6 is 0 Å². The van der Waals surface area contributed by atoms with Gasteiger partial charge < -0.3 is 10.2 Å². The molecule has 1 unspecified atom stereocenters. The molecule has 2 nitrogen and oxygen atoms in total. The summed E-state index contributed by atoms with van der Waals surface area (Å²) in [4.78, 5) is 2.28. The molecular formula is C16H27FN2. The molecule has 19 heavy (non-hydrogen) atoms. The first-order valence-electron chi connectivity index (χ1n) is 7.31. The first-order chi connectivity index (χ1) is 9.02. The zero-order valence-electron chi connectivity index (χ0n) is 12.8. The van der Waals surface area contributed by atoms with Gasteiger partial charge in [0, 0.05) is 29.9 Å². The molecule has 3 heteroatoms. The third-order valence-electron chi connectivity index (χ3n) is 3.37. The van der Waals surface area contributed by atoms with Crippen molar-refractivity contribution >= 4 is 5.69 Å². The lowest BCUT2D eigenvalue weighted by molar-refractivity contribution is 0.535. The van der Waals surface area contributed by atoms with Crippen LogP contribution in [0.25, 0.3) is 0 Å². The molecule has 1 rings (SSSR count). The Morgan fingerprint density at radius 3 is 2.42 bits per heavy atom. The van der Waals surface area contributed by atoms with E-state index >= 15 is 0 Å². The van der Waals surface area contributed by atoms with Crippen LogP contribution in [0.2, 0.25) is 0 Å². The van der Waals surface area contributed by atoms with Gasteiger partial charge in [-0.1, -0.05) is 19.9 Å². The van der Waals surface area contributed by atoms with E-state index in [1.807, 2.05) is 19.9 Å². The first-order valence-corrected chi connectivity index (χ1v) is 7.31. The van der Waals surface area contributed by atoms with Crippen LogP contribution in [-0.2, 0) is 0 Å². The van der Waals surface area contributed by atoms with E-state index in [0.717, 1.165) is 30.8 Å². The predicted octanol–water partition coefficient (Wildman–Crippen LogP) is 4.12. The van der Waals surface area contributed by atoms with Crippen LogP contribution in [-0.4, -0.2) is 19.1 Å². The van der Waals surface area contributed by atoms with E-state index in [4.69, 9.17) is 0 Å². The van der Waals surface area contributed by atoms with Crippen LogP contribution in [0.15, 0.2) is 18.2 Å². The second kappa shape index (κ2) is 7.49. The Balaban J connectivity index is 3.21. The summed E-state index contributed by atoms with van der Waals surface area (Å²) in [6.45, 7) is 12.3. The van der Waals surface area contributed by atoms with Crippen LogP contribution < -0.4 is 10.2 Å². The van der Waals surface area contributed by atoms with Crippen LogP contribution in [0.4, 0.5) is 10.1 Å². The molecule has 0 saturated carbocycles. The number of rotatable bonds is 7. The highest BCUT2D eigenvalue weighted by atomic mass is 19.1. The monoisotopic (exact) mass is 266 g/mol. The molecule has 0 saturated heterocycles. The average molecular weight is 266 g/mol. The van der Waals surface area contributed by atoms with E-state index in [-0.39, 0.29) is 11.9 Å². The lowest BCUT2D eigenvalue weighted by Gasteiger charge is -2.32. The number of benzene rings is 1. The fourth-order valence-electron chi connectivity index (χ4n) is 2.51. The molecule has 1 atom stereocenters. The van der Waals surface area contributed by atoms with Crippen LogP contribution in [0.1, 0.15) is 52.6 Å². The SMILES string of the molecule is CCCN(c1cccc(F)c1C(C)NCC)C(C)C. The van der Waals surface area contributed by atoms with Gasteiger partial charge in [0.05, 0.1) is 0 Å². The molecule has 108 valence electrons. The molecular weight excluding hydrogens is 239 g/mol. The smallest absolute Gasteiger partial charge is 0.130 e. The van der Waals surface area contributed by atoms with Gasteiger partial charge in [-0.05, 0) is 45.9 Å². The molecule has 0 radical (unpaired) electrons. The summed E-state index contributed by atoms with van der Waals surface area (Å²) in [6, 6.07) is 5.78. The Kier molecular flexibility index (Phi) is 6.29. The Morgan fingerprint density at radius 2 is 1.89 bits per heavy atom. The quantitative estimate of drug-likeness (QED) is 0.798. The van der Waals surface area contributed by atoms with Gasteiger partial charge in [0.1, 0.15) is 5.82 Å². The average Bonchev–Trinajstić information content (AvgIpc) is 2.35. The number of hydrogen-bond acceptors (Lipinski definition) is 2. The van der Waals surface area contributed by atoms with Gasteiger partial charge in [0.15, 0.2) is 0 Å². The molecule has 0 aliphatic rings. The molecule has 0 aromatic heterocycles. The fourth-order valence-corrected chi connectivity index (χ4v) is 2.51. The molecule has 0 amide bonds. The maximum Gasteiger partial charge on any atom is 0.130 e. The minimum atomic E-state index is -0.118. The second-order valence-corrected chi connectivity index (χ2v) is 5.24. The fraction of sp³-hybridized carbons (Fsp3) is 0.625. The highest BCUT2D eigenvalue weighted by molar-refractivity contribution is 5.56. The highest BCUT2D eigenvalue weighted by Gasteiger charge is 2.20. The van der Waals surface area contributed by atoms with E-state index in [2.05, 4.69) is 31.0 Å². The van der Waals surface area contributed by atoms with Gasteiger partial charge in [-0.2, -0.15) is 0 Å². The minimum absolute atomic E-state index is 0.0271. The Morgan fingerprint density at radius 1 is 1.21 bits per heavy atom. The minimum Gasteiger partial charge on any atom is -0.369 e. The molecule has 0 heterocycles. The van der Waals surface area contributed by atoms with Crippen LogP contribution in [0, 0.1) is 5.82 Å². The third kappa shape index (κ3) is 3.93. The molecule has 0 spiro atoms. The summed E-state index contributed by atoms with van der Waals surface area (Å²) in [5.74, 6) is -0.118. The number of halogens is 1. The van der Waals surface area contributed by atoms with E-state index in [1.54, 1.807) is 12.1 Å². The van der Waals surface area contributed by atoms with Crippen LogP contribution in [0.3, 0.4) is 0 Å². The first kappa shape index (κ1) is 16.0. The number of hydrogen-bond donors (Lipinski definition) is 1. The molecule has 1 aromatic carbocycles. The molecule has 0 bridgehead atoms. The van der Waals surface area contributed by atoms with Crippen molar-refractivity contribution in [3.05, 3.63) is 29.6 Å². The zero-order valence-corrected chi connectivity index (χ0v) is 12.8. The maximum absolute atomic E-state index is 14.2.